The number of amides is 1. The lowest BCUT2D eigenvalue weighted by molar-refractivity contribution is -0.132. The minimum atomic E-state index is -0.289. The fourth-order valence-corrected chi connectivity index (χ4v) is 3.13. The molecule has 0 aliphatic carbocycles. The molecule has 3 rings (SSSR count). The molecule has 1 atom stereocenters. The summed E-state index contributed by atoms with van der Waals surface area (Å²) < 4.78 is 25.0. The van der Waals surface area contributed by atoms with Gasteiger partial charge < -0.3 is 14.4 Å². The van der Waals surface area contributed by atoms with Crippen molar-refractivity contribution in [2.75, 3.05) is 33.3 Å². The van der Waals surface area contributed by atoms with Crippen LogP contribution >= 0.6 is 0 Å². The van der Waals surface area contributed by atoms with Crippen LogP contribution in [0.2, 0.25) is 0 Å². The molecule has 1 unspecified atom stereocenters. The van der Waals surface area contributed by atoms with Gasteiger partial charge >= 0.3 is 0 Å². The smallest absolute Gasteiger partial charge is 0.237 e. The van der Waals surface area contributed by atoms with Crippen LogP contribution in [0.25, 0.3) is 0 Å². The second kappa shape index (κ2) is 8.86. The highest BCUT2D eigenvalue weighted by molar-refractivity contribution is 5.78. The topological polar surface area (TPSA) is 42.0 Å². The van der Waals surface area contributed by atoms with Gasteiger partial charge in [0.15, 0.2) is 11.5 Å². The van der Waals surface area contributed by atoms with Gasteiger partial charge in [-0.05, 0) is 43.8 Å². The molecule has 1 aliphatic rings. The lowest BCUT2D eigenvalue weighted by Crippen LogP contribution is -2.44. The number of rotatable bonds is 7. The first-order valence-corrected chi connectivity index (χ1v) is 9.14. The summed E-state index contributed by atoms with van der Waals surface area (Å²) in [6.45, 7) is 4.20. The molecule has 144 valence electrons. The summed E-state index contributed by atoms with van der Waals surface area (Å²) in [5.74, 6) is 1.19. The summed E-state index contributed by atoms with van der Waals surface area (Å²) in [6, 6.07) is 13.9. The van der Waals surface area contributed by atoms with E-state index in [1.165, 1.54) is 12.1 Å². The van der Waals surface area contributed by atoms with Gasteiger partial charge in [-0.1, -0.05) is 24.3 Å². The molecule has 0 aromatic heterocycles. The van der Waals surface area contributed by atoms with E-state index in [1.807, 2.05) is 49.2 Å². The van der Waals surface area contributed by atoms with Gasteiger partial charge in [-0.25, -0.2) is 4.39 Å². The maximum Gasteiger partial charge on any atom is 0.237 e. The largest absolute Gasteiger partial charge is 0.486 e. The van der Waals surface area contributed by atoms with Crippen LogP contribution in [0.15, 0.2) is 48.5 Å². The van der Waals surface area contributed by atoms with Crippen LogP contribution in [0.4, 0.5) is 4.39 Å². The second-order valence-corrected chi connectivity index (χ2v) is 6.73. The first-order chi connectivity index (χ1) is 13.0. The number of hydrogen-bond acceptors (Lipinski definition) is 4. The number of carbonyl (C=O) groups excluding carboxylic acids is 1. The van der Waals surface area contributed by atoms with Crippen molar-refractivity contribution >= 4 is 5.91 Å². The quantitative estimate of drug-likeness (QED) is 0.749. The van der Waals surface area contributed by atoms with Crippen molar-refractivity contribution in [3.05, 3.63) is 59.9 Å². The van der Waals surface area contributed by atoms with E-state index in [1.54, 1.807) is 11.0 Å². The van der Waals surface area contributed by atoms with Crippen molar-refractivity contribution < 1.29 is 18.7 Å². The first-order valence-electron chi connectivity index (χ1n) is 9.14. The number of para-hydroxylation sites is 2. The van der Waals surface area contributed by atoms with E-state index in [-0.39, 0.29) is 24.4 Å². The van der Waals surface area contributed by atoms with E-state index in [9.17, 15) is 9.18 Å². The van der Waals surface area contributed by atoms with Crippen LogP contribution in [-0.2, 0) is 11.3 Å². The number of hydrogen-bond donors (Lipinski definition) is 0. The first kappa shape index (κ1) is 19.2. The molecule has 2 aromatic carbocycles. The van der Waals surface area contributed by atoms with Crippen LogP contribution in [0.1, 0.15) is 12.5 Å². The molecule has 27 heavy (non-hydrogen) atoms. The van der Waals surface area contributed by atoms with Crippen LogP contribution in [0.3, 0.4) is 0 Å². The third-order valence-electron chi connectivity index (χ3n) is 4.48. The Balaban J connectivity index is 1.52. The molecule has 6 heteroatoms. The van der Waals surface area contributed by atoms with Crippen molar-refractivity contribution in [2.24, 2.45) is 0 Å². The van der Waals surface area contributed by atoms with E-state index in [0.717, 1.165) is 17.1 Å². The summed E-state index contributed by atoms with van der Waals surface area (Å²) in [4.78, 5) is 16.3. The minimum Gasteiger partial charge on any atom is -0.486 e. The van der Waals surface area contributed by atoms with Gasteiger partial charge in [0, 0.05) is 19.6 Å². The Bertz CT molecular complexity index is 784. The van der Waals surface area contributed by atoms with Gasteiger partial charge in [0.2, 0.25) is 5.91 Å². The predicted octanol–water partition coefficient (Wildman–Crippen LogP) is 2.95. The molecule has 0 N–H and O–H groups in total. The predicted molar refractivity (Wildman–Crippen MR) is 101 cm³/mol. The van der Waals surface area contributed by atoms with Crippen molar-refractivity contribution in [1.29, 1.82) is 0 Å². The number of fused-ring (bicyclic) bond motifs is 1. The Morgan fingerprint density at radius 2 is 1.96 bits per heavy atom. The zero-order chi connectivity index (χ0) is 19.2. The molecule has 0 radical (unpaired) electrons. The molecule has 0 spiro atoms. The number of carbonyl (C=O) groups is 1. The summed E-state index contributed by atoms with van der Waals surface area (Å²) in [7, 11) is 1.89. The molecular weight excluding hydrogens is 347 g/mol. The monoisotopic (exact) mass is 372 g/mol. The number of benzene rings is 2. The van der Waals surface area contributed by atoms with Gasteiger partial charge in [0.1, 0.15) is 18.5 Å². The van der Waals surface area contributed by atoms with Gasteiger partial charge in [-0.2, -0.15) is 0 Å². The highest BCUT2D eigenvalue weighted by Gasteiger charge is 2.23. The fraction of sp³-hybridized carbons (Fsp3) is 0.381. The molecule has 1 heterocycles. The van der Waals surface area contributed by atoms with Crippen molar-refractivity contribution in [1.82, 2.24) is 9.80 Å². The number of halogens is 1. The summed E-state index contributed by atoms with van der Waals surface area (Å²) in [5.41, 5.74) is 0.786. The Hall–Kier alpha value is -2.60. The van der Waals surface area contributed by atoms with E-state index in [4.69, 9.17) is 9.47 Å². The number of ether oxygens (including phenoxy) is 2. The zero-order valence-electron chi connectivity index (χ0n) is 15.7. The molecule has 0 saturated carbocycles. The average Bonchev–Trinajstić information content (AvgIpc) is 2.66. The highest BCUT2D eigenvalue weighted by atomic mass is 19.1. The Kier molecular flexibility index (Phi) is 6.29. The second-order valence-electron chi connectivity index (χ2n) is 6.73. The highest BCUT2D eigenvalue weighted by Crippen LogP contribution is 2.30. The molecule has 1 amide bonds. The molecule has 2 aromatic rings. The van der Waals surface area contributed by atoms with E-state index < -0.39 is 0 Å². The van der Waals surface area contributed by atoms with Crippen molar-refractivity contribution in [3.63, 3.8) is 0 Å². The summed E-state index contributed by atoms with van der Waals surface area (Å²) in [5, 5.41) is 0. The summed E-state index contributed by atoms with van der Waals surface area (Å²) >= 11 is 0. The van der Waals surface area contributed by atoms with Gasteiger partial charge in [-0.15, -0.1) is 0 Å². The maximum absolute atomic E-state index is 13.4. The van der Waals surface area contributed by atoms with E-state index >= 15 is 0 Å². The van der Waals surface area contributed by atoms with E-state index in [0.29, 0.717) is 26.2 Å². The molecule has 0 saturated heterocycles. The van der Waals surface area contributed by atoms with Gasteiger partial charge in [0.25, 0.3) is 0 Å². The van der Waals surface area contributed by atoms with Gasteiger partial charge in [-0.3, -0.25) is 9.69 Å². The molecule has 1 aliphatic heterocycles. The zero-order valence-corrected chi connectivity index (χ0v) is 15.7. The standard InChI is InChI=1S/C21H25FN2O3/c1-3-24(12-16-7-6-8-17(22)11-16)21(25)14-23(2)13-18-15-26-19-9-4-5-10-20(19)27-18/h4-11,18H,3,12-15H2,1-2H3. The van der Waals surface area contributed by atoms with Crippen LogP contribution in [0, 0.1) is 5.82 Å². The SMILES string of the molecule is CCN(Cc1cccc(F)c1)C(=O)CN(C)CC1COc2ccccc2O1. The molecule has 5 nitrogen and oxygen atoms in total. The lowest BCUT2D eigenvalue weighted by Gasteiger charge is -2.30. The van der Waals surface area contributed by atoms with Crippen molar-refractivity contribution in [3.8, 4) is 11.5 Å². The maximum atomic E-state index is 13.4. The van der Waals surface area contributed by atoms with Crippen LogP contribution < -0.4 is 9.47 Å². The third-order valence-corrected chi connectivity index (χ3v) is 4.48. The Morgan fingerprint density at radius 3 is 2.70 bits per heavy atom. The molecular formula is C21H25FN2O3. The number of nitrogens with zero attached hydrogens (tertiary/aromatic N) is 2. The molecule has 0 bridgehead atoms. The van der Waals surface area contributed by atoms with Crippen LogP contribution in [-0.4, -0.2) is 55.1 Å². The average molecular weight is 372 g/mol. The fourth-order valence-electron chi connectivity index (χ4n) is 3.13. The van der Waals surface area contributed by atoms with E-state index in [2.05, 4.69) is 0 Å². The lowest BCUT2D eigenvalue weighted by atomic mass is 10.2. The molecule has 0 fully saturated rings. The third kappa shape index (κ3) is 5.20. The van der Waals surface area contributed by atoms with Gasteiger partial charge in [0.05, 0.1) is 6.54 Å². The number of likely N-dealkylation sites (N-methyl/N-ethyl adjacent to an activating group) is 2. The minimum absolute atomic E-state index is 0.00129. The Labute approximate surface area is 159 Å². The Morgan fingerprint density at radius 1 is 1.19 bits per heavy atom. The van der Waals surface area contributed by atoms with Crippen molar-refractivity contribution in [2.45, 2.75) is 19.6 Å². The summed E-state index contributed by atoms with van der Waals surface area (Å²) in [6.07, 6.45) is -0.129. The van der Waals surface area contributed by atoms with Crippen LogP contribution in [0.5, 0.6) is 11.5 Å². The normalized spacial score (nSPS) is 15.6.